The zero-order valence-corrected chi connectivity index (χ0v) is 13.7. The molecule has 1 aromatic rings. The van der Waals surface area contributed by atoms with E-state index in [1.165, 1.54) is 60.9 Å². The minimum absolute atomic E-state index is 0.826. The van der Waals surface area contributed by atoms with Crippen molar-refractivity contribution >= 4 is 23.5 Å². The second-order valence-corrected chi connectivity index (χ2v) is 8.15. The van der Waals surface area contributed by atoms with Crippen LogP contribution in [0, 0.1) is 5.92 Å². The van der Waals surface area contributed by atoms with Gasteiger partial charge in [0, 0.05) is 41.4 Å². The number of likely N-dealkylation sites (tertiary alicyclic amines) is 1. The number of pyridine rings is 1. The highest BCUT2D eigenvalue weighted by Gasteiger charge is 2.26. The van der Waals surface area contributed by atoms with Crippen molar-refractivity contribution in [3.63, 3.8) is 0 Å². The molecule has 3 rings (SSSR count). The number of nitrogens with zero attached hydrogens (tertiary/aromatic N) is 2. The van der Waals surface area contributed by atoms with Gasteiger partial charge in [0.05, 0.1) is 0 Å². The van der Waals surface area contributed by atoms with E-state index in [0.29, 0.717) is 0 Å². The third-order valence-electron chi connectivity index (χ3n) is 4.41. The molecule has 0 aliphatic carbocycles. The van der Waals surface area contributed by atoms with Gasteiger partial charge in [-0.15, -0.1) is 0 Å². The van der Waals surface area contributed by atoms with Crippen molar-refractivity contribution in [3.05, 3.63) is 30.1 Å². The Morgan fingerprint density at radius 1 is 1.15 bits per heavy atom. The molecule has 2 aliphatic heterocycles. The van der Waals surface area contributed by atoms with Crippen LogP contribution >= 0.6 is 23.5 Å². The monoisotopic (exact) mass is 308 g/mol. The number of rotatable bonds is 3. The first-order valence-electron chi connectivity index (χ1n) is 7.70. The number of thioether (sulfide) groups is 2. The van der Waals surface area contributed by atoms with Gasteiger partial charge >= 0.3 is 0 Å². The van der Waals surface area contributed by atoms with Gasteiger partial charge in [-0.3, -0.25) is 9.88 Å². The van der Waals surface area contributed by atoms with Crippen molar-refractivity contribution in [1.82, 2.24) is 9.88 Å². The van der Waals surface area contributed by atoms with Crippen LogP contribution in [0.3, 0.4) is 0 Å². The summed E-state index contributed by atoms with van der Waals surface area (Å²) >= 11 is 4.30. The lowest BCUT2D eigenvalue weighted by atomic mass is 9.90. The molecule has 0 spiro atoms. The van der Waals surface area contributed by atoms with Gasteiger partial charge in [-0.2, -0.15) is 23.5 Å². The van der Waals surface area contributed by atoms with Crippen LogP contribution in [-0.4, -0.2) is 52.0 Å². The lowest BCUT2D eigenvalue weighted by Crippen LogP contribution is -2.44. The van der Waals surface area contributed by atoms with Crippen LogP contribution in [0.5, 0.6) is 0 Å². The van der Waals surface area contributed by atoms with Crippen LogP contribution in [0.25, 0.3) is 0 Å². The molecule has 2 saturated heterocycles. The Bertz CT molecular complexity index is 383. The summed E-state index contributed by atoms with van der Waals surface area (Å²) in [5.41, 5.74) is 1.41. The van der Waals surface area contributed by atoms with E-state index in [0.717, 1.165) is 12.0 Å². The summed E-state index contributed by atoms with van der Waals surface area (Å²) in [6.45, 7) is 2.60. The predicted octanol–water partition coefficient (Wildman–Crippen LogP) is 3.18. The maximum Gasteiger partial charge on any atom is 0.0299 e. The van der Waals surface area contributed by atoms with Crippen molar-refractivity contribution in [2.24, 2.45) is 5.92 Å². The Balaban J connectivity index is 1.46. The van der Waals surface area contributed by atoms with Crippen LogP contribution < -0.4 is 0 Å². The molecule has 2 fully saturated rings. The topological polar surface area (TPSA) is 16.1 Å². The van der Waals surface area contributed by atoms with Gasteiger partial charge in [-0.1, -0.05) is 6.07 Å². The first-order chi connectivity index (χ1) is 9.92. The normalized spacial score (nSPS) is 23.6. The molecule has 2 aliphatic rings. The molecule has 4 heteroatoms. The van der Waals surface area contributed by atoms with Crippen molar-refractivity contribution < 1.29 is 0 Å². The lowest BCUT2D eigenvalue weighted by Gasteiger charge is -2.37. The van der Waals surface area contributed by atoms with Crippen molar-refractivity contribution in [2.75, 3.05) is 36.1 Å². The van der Waals surface area contributed by atoms with Crippen LogP contribution in [0.2, 0.25) is 0 Å². The molecule has 3 heterocycles. The van der Waals surface area contributed by atoms with Gasteiger partial charge in [0.15, 0.2) is 0 Å². The first-order valence-corrected chi connectivity index (χ1v) is 10.0. The van der Waals surface area contributed by atoms with E-state index in [4.69, 9.17) is 0 Å². The SMILES string of the molecule is c1cncc(CC2CCN(C3CSCCSC3)CC2)c1. The quantitative estimate of drug-likeness (QED) is 0.852. The van der Waals surface area contributed by atoms with Gasteiger partial charge in [-0.05, 0) is 49.9 Å². The second kappa shape index (κ2) is 7.71. The minimum atomic E-state index is 0.826. The molecule has 0 radical (unpaired) electrons. The summed E-state index contributed by atoms with van der Waals surface area (Å²) in [6, 6.07) is 5.11. The molecule has 0 unspecified atom stereocenters. The Morgan fingerprint density at radius 2 is 1.90 bits per heavy atom. The zero-order chi connectivity index (χ0) is 13.6. The van der Waals surface area contributed by atoms with Gasteiger partial charge in [0.2, 0.25) is 0 Å². The third-order valence-corrected chi connectivity index (χ3v) is 6.89. The van der Waals surface area contributed by atoms with Gasteiger partial charge in [0.25, 0.3) is 0 Å². The minimum Gasteiger partial charge on any atom is -0.299 e. The van der Waals surface area contributed by atoms with Crippen LogP contribution in [0.4, 0.5) is 0 Å². The average molecular weight is 309 g/mol. The van der Waals surface area contributed by atoms with Gasteiger partial charge < -0.3 is 0 Å². The Morgan fingerprint density at radius 3 is 2.55 bits per heavy atom. The van der Waals surface area contributed by atoms with E-state index in [1.807, 2.05) is 12.4 Å². The van der Waals surface area contributed by atoms with Gasteiger partial charge in [-0.25, -0.2) is 0 Å². The molecule has 20 heavy (non-hydrogen) atoms. The molecule has 0 aromatic carbocycles. The summed E-state index contributed by atoms with van der Waals surface area (Å²) in [5, 5.41) is 0. The fraction of sp³-hybridized carbons (Fsp3) is 0.688. The largest absolute Gasteiger partial charge is 0.299 e. The highest BCUT2D eigenvalue weighted by Crippen LogP contribution is 2.26. The molecule has 0 N–H and O–H groups in total. The standard InChI is InChI=1S/C16H24N2S2/c1-2-15(11-17-5-1)10-14-3-6-18(7-4-14)16-12-19-8-9-20-13-16/h1-2,5,11,14,16H,3-4,6-10,12-13H2. The maximum absolute atomic E-state index is 4.23. The molecule has 2 nitrogen and oxygen atoms in total. The molecule has 0 bridgehead atoms. The molecule has 0 saturated carbocycles. The van der Waals surface area contributed by atoms with E-state index >= 15 is 0 Å². The summed E-state index contributed by atoms with van der Waals surface area (Å²) in [5.74, 6) is 6.25. The summed E-state index contributed by atoms with van der Waals surface area (Å²) in [6.07, 6.45) is 7.84. The Labute approximate surface area is 131 Å². The molecule has 0 atom stereocenters. The molecule has 1 aromatic heterocycles. The van der Waals surface area contributed by atoms with E-state index in [1.54, 1.807) is 0 Å². The Kier molecular flexibility index (Phi) is 5.68. The van der Waals surface area contributed by atoms with E-state index in [9.17, 15) is 0 Å². The molecule has 0 amide bonds. The highest BCUT2D eigenvalue weighted by molar-refractivity contribution is 8.03. The molecule has 110 valence electrons. The van der Waals surface area contributed by atoms with E-state index in [-0.39, 0.29) is 0 Å². The fourth-order valence-electron chi connectivity index (χ4n) is 3.19. The fourth-order valence-corrected chi connectivity index (χ4v) is 5.82. The molecular formula is C16H24N2S2. The average Bonchev–Trinajstić information content (AvgIpc) is 2.78. The van der Waals surface area contributed by atoms with Crippen molar-refractivity contribution in [3.8, 4) is 0 Å². The van der Waals surface area contributed by atoms with E-state index in [2.05, 4.69) is 45.5 Å². The number of hydrogen-bond acceptors (Lipinski definition) is 4. The lowest BCUT2D eigenvalue weighted by molar-refractivity contribution is 0.154. The number of hydrogen-bond donors (Lipinski definition) is 0. The van der Waals surface area contributed by atoms with Crippen LogP contribution in [0.1, 0.15) is 18.4 Å². The predicted molar refractivity (Wildman–Crippen MR) is 90.7 cm³/mol. The highest BCUT2D eigenvalue weighted by atomic mass is 32.2. The van der Waals surface area contributed by atoms with Crippen molar-refractivity contribution in [1.29, 1.82) is 0 Å². The Hall–Kier alpha value is -0.190. The summed E-state index contributed by atoms with van der Waals surface area (Å²) in [7, 11) is 0. The summed E-state index contributed by atoms with van der Waals surface area (Å²) < 4.78 is 0. The van der Waals surface area contributed by atoms with Crippen LogP contribution in [-0.2, 0) is 6.42 Å². The number of aromatic nitrogens is 1. The third kappa shape index (κ3) is 4.15. The summed E-state index contributed by atoms with van der Waals surface area (Å²) in [4.78, 5) is 6.99. The second-order valence-electron chi connectivity index (χ2n) is 5.85. The first kappa shape index (κ1) is 14.7. The smallest absolute Gasteiger partial charge is 0.0299 e. The maximum atomic E-state index is 4.23. The molecular weight excluding hydrogens is 284 g/mol. The van der Waals surface area contributed by atoms with E-state index < -0.39 is 0 Å². The van der Waals surface area contributed by atoms with Gasteiger partial charge in [0.1, 0.15) is 0 Å². The van der Waals surface area contributed by atoms with Crippen LogP contribution in [0.15, 0.2) is 24.5 Å². The van der Waals surface area contributed by atoms with Crippen molar-refractivity contribution in [2.45, 2.75) is 25.3 Å². The zero-order valence-electron chi connectivity index (χ0n) is 12.0. The number of piperidine rings is 1.